The minimum absolute atomic E-state index is 0.502. The molecule has 1 N–H and O–H groups in total. The van der Waals surface area contributed by atoms with E-state index in [1.54, 1.807) is 7.11 Å². The van der Waals surface area contributed by atoms with Crippen molar-refractivity contribution in [1.29, 1.82) is 0 Å². The minimum Gasteiger partial charge on any atom is -0.481 e. The molecule has 1 fully saturated rings. The average Bonchev–Trinajstić information content (AvgIpc) is 2.53. The standard InChI is InChI=1S/C16H27N3O/c1-3-4-5-6-15(19-11-9-17-10-12-19)14-7-8-16(20-2)18-13-14/h7-8,13,15,17H,3-6,9-12H2,1-2H3/t15-/m1/s1. The van der Waals surface area contributed by atoms with Crippen molar-refractivity contribution in [3.05, 3.63) is 23.9 Å². The number of hydrogen-bond donors (Lipinski definition) is 1. The topological polar surface area (TPSA) is 37.4 Å². The highest BCUT2D eigenvalue weighted by atomic mass is 16.5. The van der Waals surface area contributed by atoms with Crippen LogP contribution < -0.4 is 10.1 Å². The van der Waals surface area contributed by atoms with Crippen LogP contribution in [0.25, 0.3) is 0 Å². The van der Waals surface area contributed by atoms with Gasteiger partial charge in [-0.2, -0.15) is 0 Å². The van der Waals surface area contributed by atoms with E-state index in [0.717, 1.165) is 26.2 Å². The van der Waals surface area contributed by atoms with E-state index in [0.29, 0.717) is 11.9 Å². The first kappa shape index (κ1) is 15.3. The third-order valence-corrected chi connectivity index (χ3v) is 4.03. The lowest BCUT2D eigenvalue weighted by Gasteiger charge is -2.35. The van der Waals surface area contributed by atoms with E-state index in [2.05, 4.69) is 28.2 Å². The van der Waals surface area contributed by atoms with E-state index < -0.39 is 0 Å². The second-order valence-corrected chi connectivity index (χ2v) is 5.43. The summed E-state index contributed by atoms with van der Waals surface area (Å²) >= 11 is 0. The first-order valence-corrected chi connectivity index (χ1v) is 7.80. The Morgan fingerprint density at radius 2 is 2.10 bits per heavy atom. The van der Waals surface area contributed by atoms with Gasteiger partial charge in [-0.25, -0.2) is 4.98 Å². The molecule has 1 aliphatic heterocycles. The summed E-state index contributed by atoms with van der Waals surface area (Å²) in [6, 6.07) is 4.65. The Kier molecular flexibility index (Phi) is 6.27. The summed E-state index contributed by atoms with van der Waals surface area (Å²) in [5.74, 6) is 0.696. The number of hydrogen-bond acceptors (Lipinski definition) is 4. The van der Waals surface area contributed by atoms with Gasteiger partial charge in [0.1, 0.15) is 0 Å². The van der Waals surface area contributed by atoms with Gasteiger partial charge in [0.2, 0.25) is 5.88 Å². The number of methoxy groups -OCH3 is 1. The molecule has 112 valence electrons. The Labute approximate surface area is 122 Å². The zero-order chi connectivity index (χ0) is 14.2. The van der Waals surface area contributed by atoms with Gasteiger partial charge in [0.05, 0.1) is 7.11 Å². The molecule has 2 rings (SSSR count). The van der Waals surface area contributed by atoms with Gasteiger partial charge in [-0.3, -0.25) is 4.90 Å². The van der Waals surface area contributed by atoms with E-state index in [-0.39, 0.29) is 0 Å². The molecule has 1 atom stereocenters. The third kappa shape index (κ3) is 4.18. The molecule has 4 nitrogen and oxygen atoms in total. The Hall–Kier alpha value is -1.13. The zero-order valence-electron chi connectivity index (χ0n) is 12.8. The van der Waals surface area contributed by atoms with Crippen molar-refractivity contribution < 1.29 is 4.74 Å². The molecule has 0 radical (unpaired) electrons. The molecule has 20 heavy (non-hydrogen) atoms. The van der Waals surface area contributed by atoms with Crippen molar-refractivity contribution in [2.75, 3.05) is 33.3 Å². The van der Waals surface area contributed by atoms with Gasteiger partial charge >= 0.3 is 0 Å². The Bertz CT molecular complexity index is 374. The highest BCUT2D eigenvalue weighted by molar-refractivity contribution is 5.21. The number of piperazine rings is 1. The van der Waals surface area contributed by atoms with E-state index in [9.17, 15) is 0 Å². The van der Waals surface area contributed by atoms with Gasteiger partial charge in [-0.1, -0.05) is 32.3 Å². The normalized spacial score (nSPS) is 17.9. The van der Waals surface area contributed by atoms with Crippen molar-refractivity contribution in [2.45, 2.75) is 38.6 Å². The van der Waals surface area contributed by atoms with Crippen molar-refractivity contribution in [3.63, 3.8) is 0 Å². The summed E-state index contributed by atoms with van der Waals surface area (Å²) < 4.78 is 5.16. The van der Waals surface area contributed by atoms with Gasteiger partial charge < -0.3 is 10.1 Å². The van der Waals surface area contributed by atoms with Gasteiger partial charge in [-0.05, 0) is 12.0 Å². The van der Waals surface area contributed by atoms with Gasteiger partial charge in [0.15, 0.2) is 0 Å². The summed E-state index contributed by atoms with van der Waals surface area (Å²) in [5, 5.41) is 3.43. The van der Waals surface area contributed by atoms with Crippen molar-refractivity contribution in [1.82, 2.24) is 15.2 Å². The smallest absolute Gasteiger partial charge is 0.212 e. The van der Waals surface area contributed by atoms with Crippen LogP contribution in [0.2, 0.25) is 0 Å². The van der Waals surface area contributed by atoms with Crippen LogP contribution in [-0.2, 0) is 0 Å². The van der Waals surface area contributed by atoms with Crippen LogP contribution in [0, 0.1) is 0 Å². The average molecular weight is 277 g/mol. The maximum atomic E-state index is 5.16. The van der Waals surface area contributed by atoms with Gasteiger partial charge in [0, 0.05) is 44.5 Å². The summed E-state index contributed by atoms with van der Waals surface area (Å²) in [6.45, 7) is 6.70. The number of unbranched alkanes of at least 4 members (excludes halogenated alkanes) is 2. The number of aromatic nitrogens is 1. The van der Waals surface area contributed by atoms with E-state index in [4.69, 9.17) is 4.74 Å². The number of nitrogens with zero attached hydrogens (tertiary/aromatic N) is 2. The second-order valence-electron chi connectivity index (χ2n) is 5.43. The van der Waals surface area contributed by atoms with Crippen LogP contribution in [0.5, 0.6) is 5.88 Å². The second kappa shape index (κ2) is 8.22. The molecule has 0 unspecified atom stereocenters. The van der Waals surface area contributed by atoms with Crippen LogP contribution in [0.15, 0.2) is 18.3 Å². The van der Waals surface area contributed by atoms with Crippen LogP contribution in [0.1, 0.15) is 44.2 Å². The first-order chi connectivity index (χ1) is 9.85. The molecule has 1 aromatic rings. The Morgan fingerprint density at radius 1 is 1.30 bits per heavy atom. The summed E-state index contributed by atoms with van der Waals surface area (Å²) in [5.41, 5.74) is 1.32. The fourth-order valence-electron chi connectivity index (χ4n) is 2.85. The molecule has 0 amide bonds. The van der Waals surface area contributed by atoms with Crippen molar-refractivity contribution >= 4 is 0 Å². The van der Waals surface area contributed by atoms with Crippen molar-refractivity contribution in [3.8, 4) is 5.88 Å². The Morgan fingerprint density at radius 3 is 2.70 bits per heavy atom. The lowest BCUT2D eigenvalue weighted by atomic mass is 9.99. The SMILES string of the molecule is CCCCC[C@H](c1ccc(OC)nc1)N1CCNCC1. The summed E-state index contributed by atoms with van der Waals surface area (Å²) in [4.78, 5) is 6.97. The molecule has 1 saturated heterocycles. The molecule has 2 heterocycles. The predicted molar refractivity (Wildman–Crippen MR) is 82.1 cm³/mol. The minimum atomic E-state index is 0.502. The number of rotatable bonds is 7. The first-order valence-electron chi connectivity index (χ1n) is 7.80. The molecule has 0 spiro atoms. The molecule has 0 saturated carbocycles. The monoisotopic (exact) mass is 277 g/mol. The van der Waals surface area contributed by atoms with Gasteiger partial charge in [-0.15, -0.1) is 0 Å². The maximum absolute atomic E-state index is 5.16. The lowest BCUT2D eigenvalue weighted by Crippen LogP contribution is -2.45. The molecular formula is C16H27N3O. The van der Waals surface area contributed by atoms with Crippen LogP contribution in [0.3, 0.4) is 0 Å². The quantitative estimate of drug-likeness (QED) is 0.777. The highest BCUT2D eigenvalue weighted by Gasteiger charge is 2.22. The van der Waals surface area contributed by atoms with Crippen molar-refractivity contribution in [2.24, 2.45) is 0 Å². The van der Waals surface area contributed by atoms with Crippen LogP contribution in [-0.4, -0.2) is 43.2 Å². The van der Waals surface area contributed by atoms with E-state index in [1.165, 1.54) is 31.2 Å². The number of nitrogens with one attached hydrogen (secondary N) is 1. The fraction of sp³-hybridized carbons (Fsp3) is 0.688. The molecule has 0 aromatic carbocycles. The predicted octanol–water partition coefficient (Wildman–Crippen LogP) is 2.62. The molecule has 1 aliphatic rings. The lowest BCUT2D eigenvalue weighted by molar-refractivity contribution is 0.162. The van der Waals surface area contributed by atoms with Crippen LogP contribution in [0.4, 0.5) is 0 Å². The summed E-state index contributed by atoms with van der Waals surface area (Å²) in [7, 11) is 1.66. The molecule has 0 aliphatic carbocycles. The summed E-state index contributed by atoms with van der Waals surface area (Å²) in [6.07, 6.45) is 7.08. The fourth-order valence-corrected chi connectivity index (χ4v) is 2.85. The van der Waals surface area contributed by atoms with E-state index >= 15 is 0 Å². The number of ether oxygens (including phenoxy) is 1. The number of pyridine rings is 1. The molecule has 1 aromatic heterocycles. The van der Waals surface area contributed by atoms with E-state index in [1.807, 2.05) is 12.3 Å². The highest BCUT2D eigenvalue weighted by Crippen LogP contribution is 2.27. The molecule has 0 bridgehead atoms. The zero-order valence-corrected chi connectivity index (χ0v) is 12.8. The molecular weight excluding hydrogens is 250 g/mol. The van der Waals surface area contributed by atoms with Crippen LogP contribution >= 0.6 is 0 Å². The largest absolute Gasteiger partial charge is 0.481 e. The third-order valence-electron chi connectivity index (χ3n) is 4.03. The van der Waals surface area contributed by atoms with Gasteiger partial charge in [0.25, 0.3) is 0 Å². The maximum Gasteiger partial charge on any atom is 0.212 e. The Balaban J connectivity index is 2.06. The molecule has 4 heteroatoms.